The molecule has 94 valence electrons. The van der Waals surface area contributed by atoms with E-state index in [1.807, 2.05) is 26.0 Å². The molecule has 1 unspecified atom stereocenters. The molecule has 0 aliphatic carbocycles. The van der Waals surface area contributed by atoms with Gasteiger partial charge in [-0.15, -0.1) is 0 Å². The minimum Gasteiger partial charge on any atom is -0.318 e. The molecule has 0 aliphatic rings. The van der Waals surface area contributed by atoms with Gasteiger partial charge in [-0.25, -0.2) is 4.39 Å². The van der Waals surface area contributed by atoms with Crippen molar-refractivity contribution in [2.45, 2.75) is 25.8 Å². The van der Waals surface area contributed by atoms with Gasteiger partial charge in [0, 0.05) is 12.4 Å². The van der Waals surface area contributed by atoms with Crippen molar-refractivity contribution in [3.05, 3.63) is 65.2 Å². The second-order valence-corrected chi connectivity index (χ2v) is 4.53. The molecule has 0 fully saturated rings. The third-order valence-electron chi connectivity index (χ3n) is 3.42. The molecule has 0 saturated heterocycles. The fourth-order valence-corrected chi connectivity index (χ4v) is 2.25. The zero-order chi connectivity index (χ0) is 13.2. The van der Waals surface area contributed by atoms with Crippen LogP contribution in [0.2, 0.25) is 0 Å². The van der Waals surface area contributed by atoms with Crippen LogP contribution >= 0.6 is 0 Å². The summed E-state index contributed by atoms with van der Waals surface area (Å²) in [6.45, 7) is 3.99. The molecule has 1 aromatic carbocycles. The van der Waals surface area contributed by atoms with Gasteiger partial charge in [0.1, 0.15) is 5.82 Å². The lowest BCUT2D eigenvalue weighted by Gasteiger charge is -2.30. The van der Waals surface area contributed by atoms with Gasteiger partial charge in [0.2, 0.25) is 0 Å². The average Bonchev–Trinajstić information content (AvgIpc) is 2.38. The number of aryl methyl sites for hydroxylation is 1. The fraction of sp³-hybridized carbons (Fsp3) is 0.267. The van der Waals surface area contributed by atoms with Gasteiger partial charge >= 0.3 is 0 Å². The molecule has 2 rings (SSSR count). The summed E-state index contributed by atoms with van der Waals surface area (Å²) >= 11 is 0. The van der Waals surface area contributed by atoms with Crippen LogP contribution in [0.15, 0.2) is 42.7 Å². The molecular weight excluding hydrogens is 227 g/mol. The number of nitrogens with zero attached hydrogens (tertiary/aromatic N) is 1. The Morgan fingerprint density at radius 1 is 1.33 bits per heavy atom. The molecule has 0 bridgehead atoms. The monoisotopic (exact) mass is 244 g/mol. The normalized spacial score (nSPS) is 14.2. The van der Waals surface area contributed by atoms with Gasteiger partial charge in [-0.05, 0) is 48.2 Å². The van der Waals surface area contributed by atoms with Crippen LogP contribution in [0.4, 0.5) is 4.39 Å². The van der Waals surface area contributed by atoms with Crippen LogP contribution in [-0.4, -0.2) is 4.98 Å². The number of rotatable bonds is 3. The van der Waals surface area contributed by atoms with Gasteiger partial charge in [0.15, 0.2) is 0 Å². The first-order chi connectivity index (χ1) is 8.58. The van der Waals surface area contributed by atoms with E-state index in [0.29, 0.717) is 6.42 Å². The summed E-state index contributed by atoms with van der Waals surface area (Å²) in [7, 11) is 0. The Labute approximate surface area is 107 Å². The molecule has 2 N–H and O–H groups in total. The summed E-state index contributed by atoms with van der Waals surface area (Å²) in [5, 5.41) is 0. The number of nitrogens with two attached hydrogens (primary N) is 1. The predicted octanol–water partition coefficient (Wildman–Crippen LogP) is 3.14. The second kappa shape index (κ2) is 4.86. The van der Waals surface area contributed by atoms with E-state index in [1.165, 1.54) is 12.1 Å². The van der Waals surface area contributed by atoms with E-state index >= 15 is 0 Å². The van der Waals surface area contributed by atoms with E-state index in [1.54, 1.807) is 18.5 Å². The number of hydrogen-bond donors (Lipinski definition) is 1. The highest BCUT2D eigenvalue weighted by Gasteiger charge is 2.29. The molecule has 0 saturated carbocycles. The molecule has 3 heteroatoms. The molecule has 0 amide bonds. The summed E-state index contributed by atoms with van der Waals surface area (Å²) in [5.41, 5.74) is 8.60. The molecule has 0 aliphatic heterocycles. The summed E-state index contributed by atoms with van der Waals surface area (Å²) < 4.78 is 13.4. The number of pyridine rings is 1. The quantitative estimate of drug-likeness (QED) is 0.900. The highest BCUT2D eigenvalue weighted by atomic mass is 19.1. The third kappa shape index (κ3) is 2.14. The van der Waals surface area contributed by atoms with Crippen LogP contribution in [0.25, 0.3) is 0 Å². The Morgan fingerprint density at radius 3 is 2.72 bits per heavy atom. The maximum atomic E-state index is 13.4. The number of hydrogen-bond acceptors (Lipinski definition) is 2. The molecule has 0 spiro atoms. The van der Waals surface area contributed by atoms with E-state index in [2.05, 4.69) is 4.98 Å². The fourth-order valence-electron chi connectivity index (χ4n) is 2.25. The van der Waals surface area contributed by atoms with Crippen molar-refractivity contribution in [3.63, 3.8) is 0 Å². The zero-order valence-electron chi connectivity index (χ0n) is 10.7. The molecule has 2 aromatic rings. The number of benzene rings is 1. The molecule has 1 heterocycles. The van der Waals surface area contributed by atoms with Crippen LogP contribution in [0.3, 0.4) is 0 Å². The summed E-state index contributed by atoms with van der Waals surface area (Å²) in [5.74, 6) is -0.266. The van der Waals surface area contributed by atoms with Gasteiger partial charge in [-0.3, -0.25) is 4.98 Å². The average molecular weight is 244 g/mol. The first-order valence-electron chi connectivity index (χ1n) is 6.04. The van der Waals surface area contributed by atoms with Gasteiger partial charge in [-0.2, -0.15) is 0 Å². The summed E-state index contributed by atoms with van der Waals surface area (Å²) in [4.78, 5) is 4.13. The Hall–Kier alpha value is -1.74. The SMILES string of the molecule is CCC(N)(c1cccc(F)c1)c1cnccc1C. The van der Waals surface area contributed by atoms with Crippen molar-refractivity contribution in [1.82, 2.24) is 4.98 Å². The highest BCUT2D eigenvalue weighted by Crippen LogP contribution is 2.32. The summed E-state index contributed by atoms with van der Waals surface area (Å²) in [6, 6.07) is 8.39. The van der Waals surface area contributed by atoms with E-state index in [9.17, 15) is 4.39 Å². The molecule has 1 atom stereocenters. The van der Waals surface area contributed by atoms with Gasteiger partial charge in [-0.1, -0.05) is 19.1 Å². The van der Waals surface area contributed by atoms with Crippen molar-refractivity contribution in [3.8, 4) is 0 Å². The van der Waals surface area contributed by atoms with Gasteiger partial charge in [0.05, 0.1) is 5.54 Å². The van der Waals surface area contributed by atoms with Crippen LogP contribution in [0.5, 0.6) is 0 Å². The maximum absolute atomic E-state index is 13.4. The van der Waals surface area contributed by atoms with Gasteiger partial charge in [0.25, 0.3) is 0 Å². The lowest BCUT2D eigenvalue weighted by atomic mass is 9.80. The Bertz CT molecular complexity index is 554. The number of halogens is 1. The minimum absolute atomic E-state index is 0.266. The third-order valence-corrected chi connectivity index (χ3v) is 3.42. The van der Waals surface area contributed by atoms with Crippen molar-refractivity contribution in [1.29, 1.82) is 0 Å². The zero-order valence-corrected chi connectivity index (χ0v) is 10.7. The smallest absolute Gasteiger partial charge is 0.123 e. The standard InChI is InChI=1S/C15H17FN2/c1-3-15(17,12-5-4-6-13(16)9-12)14-10-18-8-7-11(14)2/h4-10H,3,17H2,1-2H3. The van der Waals surface area contributed by atoms with Crippen molar-refractivity contribution >= 4 is 0 Å². The lowest BCUT2D eigenvalue weighted by Crippen LogP contribution is -2.38. The lowest BCUT2D eigenvalue weighted by molar-refractivity contribution is 0.508. The topological polar surface area (TPSA) is 38.9 Å². The summed E-state index contributed by atoms with van der Waals surface area (Å²) in [6.07, 6.45) is 4.19. The molecular formula is C15H17FN2. The second-order valence-electron chi connectivity index (χ2n) is 4.53. The molecule has 1 aromatic heterocycles. The Morgan fingerprint density at radius 2 is 2.11 bits per heavy atom. The largest absolute Gasteiger partial charge is 0.318 e. The van der Waals surface area contributed by atoms with Gasteiger partial charge < -0.3 is 5.73 Å². The van der Waals surface area contributed by atoms with E-state index in [-0.39, 0.29) is 5.82 Å². The molecule has 18 heavy (non-hydrogen) atoms. The van der Waals surface area contributed by atoms with Crippen molar-refractivity contribution in [2.75, 3.05) is 0 Å². The first kappa shape index (κ1) is 12.7. The van der Waals surface area contributed by atoms with Crippen LogP contribution in [0, 0.1) is 12.7 Å². The van der Waals surface area contributed by atoms with Crippen molar-refractivity contribution in [2.24, 2.45) is 5.73 Å². The van der Waals surface area contributed by atoms with Crippen molar-refractivity contribution < 1.29 is 4.39 Å². The Balaban J connectivity index is 2.59. The van der Waals surface area contributed by atoms with Crippen LogP contribution < -0.4 is 5.73 Å². The first-order valence-corrected chi connectivity index (χ1v) is 6.04. The minimum atomic E-state index is -0.694. The highest BCUT2D eigenvalue weighted by molar-refractivity contribution is 5.40. The van der Waals surface area contributed by atoms with Crippen LogP contribution in [-0.2, 0) is 5.54 Å². The number of aromatic nitrogens is 1. The maximum Gasteiger partial charge on any atom is 0.123 e. The Kier molecular flexibility index (Phi) is 3.43. The van der Waals surface area contributed by atoms with E-state index in [4.69, 9.17) is 5.73 Å². The van der Waals surface area contributed by atoms with Crippen LogP contribution in [0.1, 0.15) is 30.0 Å². The van der Waals surface area contributed by atoms with E-state index in [0.717, 1.165) is 16.7 Å². The predicted molar refractivity (Wildman–Crippen MR) is 70.6 cm³/mol. The molecule has 0 radical (unpaired) electrons. The van der Waals surface area contributed by atoms with E-state index < -0.39 is 5.54 Å². The molecule has 2 nitrogen and oxygen atoms in total.